The van der Waals surface area contributed by atoms with E-state index in [1.54, 1.807) is 0 Å². The fourth-order valence-electron chi connectivity index (χ4n) is 3.30. The molecule has 1 rings (SSSR count). The van der Waals surface area contributed by atoms with Gasteiger partial charge in [-0.05, 0) is 49.8 Å². The van der Waals surface area contributed by atoms with Crippen molar-refractivity contribution in [1.82, 2.24) is 0 Å². The van der Waals surface area contributed by atoms with Crippen LogP contribution in [-0.4, -0.2) is 6.61 Å². The van der Waals surface area contributed by atoms with E-state index < -0.39 is 0 Å². The molecule has 2 nitrogen and oxygen atoms in total. The van der Waals surface area contributed by atoms with E-state index >= 15 is 0 Å². The van der Waals surface area contributed by atoms with Gasteiger partial charge in [0.25, 0.3) is 0 Å². The van der Waals surface area contributed by atoms with Crippen molar-refractivity contribution >= 4 is 0 Å². The van der Waals surface area contributed by atoms with Crippen LogP contribution in [0.4, 0.5) is 0 Å². The van der Waals surface area contributed by atoms with Gasteiger partial charge in [0.15, 0.2) is 0 Å². The lowest BCUT2D eigenvalue weighted by Crippen LogP contribution is -2.00. The van der Waals surface area contributed by atoms with Crippen LogP contribution in [0.2, 0.25) is 0 Å². The van der Waals surface area contributed by atoms with Gasteiger partial charge in [-0.1, -0.05) is 89.0 Å². The van der Waals surface area contributed by atoms with E-state index in [0.29, 0.717) is 6.54 Å². The molecule has 1 aromatic rings. The number of allylic oxidation sites excluding steroid dienone is 2. The zero-order valence-electron chi connectivity index (χ0n) is 17.8. The van der Waals surface area contributed by atoms with Gasteiger partial charge < -0.3 is 10.5 Å². The summed E-state index contributed by atoms with van der Waals surface area (Å²) >= 11 is 0. The molecule has 0 fully saturated rings. The molecule has 154 valence electrons. The summed E-state index contributed by atoms with van der Waals surface area (Å²) in [5.41, 5.74) is 6.79. The molecular weight excluding hydrogens is 330 g/mol. The zero-order valence-corrected chi connectivity index (χ0v) is 17.8. The number of unbranched alkanes of at least 4 members (excludes halogenated alkanes) is 12. The minimum absolute atomic E-state index is 0.575. The second-order valence-electron chi connectivity index (χ2n) is 7.64. The van der Waals surface area contributed by atoms with Crippen LogP contribution in [0.1, 0.15) is 102 Å². The summed E-state index contributed by atoms with van der Waals surface area (Å²) in [5, 5.41) is 0. The fraction of sp³-hybridized carbons (Fsp3) is 0.680. The summed E-state index contributed by atoms with van der Waals surface area (Å²) in [7, 11) is 0. The molecule has 0 heterocycles. The van der Waals surface area contributed by atoms with Crippen LogP contribution < -0.4 is 10.5 Å². The molecule has 27 heavy (non-hydrogen) atoms. The zero-order chi connectivity index (χ0) is 19.4. The largest absolute Gasteiger partial charge is 0.494 e. The number of ether oxygens (including phenoxy) is 1. The Balaban J connectivity index is 1.81. The Morgan fingerprint density at radius 1 is 0.778 bits per heavy atom. The Kier molecular flexibility index (Phi) is 15.9. The van der Waals surface area contributed by atoms with E-state index in [0.717, 1.165) is 24.3 Å². The van der Waals surface area contributed by atoms with Gasteiger partial charge in [0.2, 0.25) is 0 Å². The highest BCUT2D eigenvalue weighted by molar-refractivity contribution is 5.28. The number of benzene rings is 1. The van der Waals surface area contributed by atoms with Crippen LogP contribution in [0, 0.1) is 0 Å². The molecule has 0 atom stereocenters. The van der Waals surface area contributed by atoms with Crippen LogP contribution in [0.15, 0.2) is 36.4 Å². The minimum atomic E-state index is 0.575. The Bertz CT molecular complexity index is 469. The van der Waals surface area contributed by atoms with E-state index in [1.165, 1.54) is 83.5 Å². The maximum atomic E-state index is 5.80. The highest BCUT2D eigenvalue weighted by Gasteiger charge is 1.96. The van der Waals surface area contributed by atoms with Gasteiger partial charge in [-0.15, -0.1) is 0 Å². The highest BCUT2D eigenvalue weighted by Crippen LogP contribution is 2.14. The monoisotopic (exact) mass is 373 g/mol. The molecule has 0 radical (unpaired) electrons. The van der Waals surface area contributed by atoms with Gasteiger partial charge in [0, 0.05) is 6.54 Å². The third kappa shape index (κ3) is 14.4. The maximum Gasteiger partial charge on any atom is 0.119 e. The summed E-state index contributed by atoms with van der Waals surface area (Å²) in [4.78, 5) is 0. The first kappa shape index (κ1) is 23.8. The predicted octanol–water partition coefficient (Wildman–Crippen LogP) is 7.56. The number of hydrogen-bond acceptors (Lipinski definition) is 2. The molecule has 0 aliphatic carbocycles. The first-order valence-electron chi connectivity index (χ1n) is 11.4. The molecular formula is C25H43NO. The summed E-state index contributed by atoms with van der Waals surface area (Å²) in [5.74, 6) is 0.950. The van der Waals surface area contributed by atoms with Crippen molar-refractivity contribution in [2.24, 2.45) is 5.73 Å². The van der Waals surface area contributed by atoms with Crippen LogP contribution in [0.25, 0.3) is 0 Å². The van der Waals surface area contributed by atoms with Crippen molar-refractivity contribution < 1.29 is 4.74 Å². The molecule has 0 aromatic heterocycles. The molecule has 0 spiro atoms. The van der Waals surface area contributed by atoms with Crippen molar-refractivity contribution in [2.45, 2.75) is 103 Å². The van der Waals surface area contributed by atoms with Gasteiger partial charge in [-0.3, -0.25) is 0 Å². The van der Waals surface area contributed by atoms with Gasteiger partial charge in [0.05, 0.1) is 6.61 Å². The maximum absolute atomic E-state index is 5.80. The fourth-order valence-corrected chi connectivity index (χ4v) is 3.30. The molecule has 0 aliphatic rings. The lowest BCUT2D eigenvalue weighted by atomic mass is 10.1. The SMILES string of the molecule is CCCCCCCC/C=C/CCCCCCCCOc1cccc(CN)c1. The summed E-state index contributed by atoms with van der Waals surface area (Å²) < 4.78 is 5.80. The normalized spacial score (nSPS) is 11.3. The van der Waals surface area contributed by atoms with Gasteiger partial charge in [-0.2, -0.15) is 0 Å². The minimum Gasteiger partial charge on any atom is -0.494 e. The third-order valence-electron chi connectivity index (χ3n) is 5.06. The van der Waals surface area contributed by atoms with Crippen LogP contribution in [0.5, 0.6) is 5.75 Å². The standard InChI is InChI=1S/C25H43NO/c1-2-3-4-5-6-7-8-9-10-11-12-13-14-15-16-17-21-27-25-20-18-19-24(22-25)23-26/h9-10,18-20,22H,2-8,11-17,21,23,26H2,1H3/b10-9+. The molecule has 0 bridgehead atoms. The van der Waals surface area contributed by atoms with Gasteiger partial charge in [0.1, 0.15) is 5.75 Å². The molecule has 0 saturated carbocycles. The Morgan fingerprint density at radius 2 is 1.37 bits per heavy atom. The van der Waals surface area contributed by atoms with E-state index in [2.05, 4.69) is 19.1 Å². The first-order chi connectivity index (χ1) is 13.4. The molecule has 2 N–H and O–H groups in total. The Hall–Kier alpha value is -1.28. The third-order valence-corrected chi connectivity index (χ3v) is 5.06. The number of rotatable bonds is 18. The van der Waals surface area contributed by atoms with Crippen molar-refractivity contribution in [3.05, 3.63) is 42.0 Å². The van der Waals surface area contributed by atoms with Crippen molar-refractivity contribution in [2.75, 3.05) is 6.61 Å². The summed E-state index contributed by atoms with van der Waals surface area (Å²) in [6, 6.07) is 8.11. The molecule has 0 amide bonds. The second kappa shape index (κ2) is 18.1. The van der Waals surface area contributed by atoms with Crippen LogP contribution >= 0.6 is 0 Å². The van der Waals surface area contributed by atoms with E-state index in [1.807, 2.05) is 24.3 Å². The van der Waals surface area contributed by atoms with Gasteiger partial charge >= 0.3 is 0 Å². The van der Waals surface area contributed by atoms with Crippen LogP contribution in [0.3, 0.4) is 0 Å². The molecule has 0 unspecified atom stereocenters. The lowest BCUT2D eigenvalue weighted by Gasteiger charge is -2.07. The smallest absolute Gasteiger partial charge is 0.119 e. The van der Waals surface area contributed by atoms with Crippen molar-refractivity contribution in [1.29, 1.82) is 0 Å². The highest BCUT2D eigenvalue weighted by atomic mass is 16.5. The average Bonchev–Trinajstić information content (AvgIpc) is 2.70. The van der Waals surface area contributed by atoms with Crippen LogP contribution in [-0.2, 0) is 6.54 Å². The number of hydrogen-bond donors (Lipinski definition) is 1. The lowest BCUT2D eigenvalue weighted by molar-refractivity contribution is 0.304. The molecule has 0 aliphatic heterocycles. The summed E-state index contributed by atoms with van der Waals surface area (Å²) in [6.07, 6.45) is 23.5. The Morgan fingerprint density at radius 3 is 2.00 bits per heavy atom. The Labute approximate surface area is 168 Å². The number of nitrogens with two attached hydrogens (primary N) is 1. The molecule has 2 heteroatoms. The van der Waals surface area contributed by atoms with E-state index in [9.17, 15) is 0 Å². The van der Waals surface area contributed by atoms with Gasteiger partial charge in [-0.25, -0.2) is 0 Å². The van der Waals surface area contributed by atoms with Crippen molar-refractivity contribution in [3.63, 3.8) is 0 Å². The predicted molar refractivity (Wildman–Crippen MR) is 119 cm³/mol. The molecule has 0 saturated heterocycles. The first-order valence-corrected chi connectivity index (χ1v) is 11.4. The summed E-state index contributed by atoms with van der Waals surface area (Å²) in [6.45, 7) is 3.67. The quantitative estimate of drug-likeness (QED) is 0.213. The topological polar surface area (TPSA) is 35.2 Å². The van der Waals surface area contributed by atoms with E-state index in [-0.39, 0.29) is 0 Å². The van der Waals surface area contributed by atoms with E-state index in [4.69, 9.17) is 10.5 Å². The average molecular weight is 374 g/mol. The molecule has 1 aromatic carbocycles. The second-order valence-corrected chi connectivity index (χ2v) is 7.64. The van der Waals surface area contributed by atoms with Crippen molar-refractivity contribution in [3.8, 4) is 5.75 Å².